The van der Waals surface area contributed by atoms with Crippen LogP contribution in [0.25, 0.3) is 0 Å². The van der Waals surface area contributed by atoms with Gasteiger partial charge < -0.3 is 5.11 Å². The third-order valence-corrected chi connectivity index (χ3v) is 4.43. The Morgan fingerprint density at radius 2 is 2.18 bits per heavy atom. The van der Waals surface area contributed by atoms with Crippen LogP contribution in [0.15, 0.2) is 41.6 Å². The molecule has 2 rings (SSSR count). The molecule has 0 radical (unpaired) electrons. The van der Waals surface area contributed by atoms with E-state index in [9.17, 15) is 9.90 Å². The predicted octanol–water partition coefficient (Wildman–Crippen LogP) is 2.44. The number of likely N-dealkylation sites (N-methyl/N-ethyl adjacent to an activating group) is 1. The molecule has 0 bridgehead atoms. The van der Waals surface area contributed by atoms with Gasteiger partial charge in [0.1, 0.15) is 6.04 Å². The van der Waals surface area contributed by atoms with E-state index in [1.54, 1.807) is 16.4 Å². The van der Waals surface area contributed by atoms with Crippen molar-refractivity contribution in [3.63, 3.8) is 0 Å². The van der Waals surface area contributed by atoms with Crippen molar-refractivity contribution in [1.29, 1.82) is 0 Å². The van der Waals surface area contributed by atoms with Crippen LogP contribution in [0.3, 0.4) is 0 Å². The van der Waals surface area contributed by atoms with Crippen molar-refractivity contribution < 1.29 is 9.90 Å². The number of hydrogen-bond donors (Lipinski definition) is 1. The number of hydrogen-bond acceptors (Lipinski definition) is 4. The maximum atomic E-state index is 11.8. The molecule has 118 valence electrons. The molecule has 1 aromatic heterocycles. The van der Waals surface area contributed by atoms with E-state index in [0.29, 0.717) is 6.54 Å². The van der Waals surface area contributed by atoms with Gasteiger partial charge >= 0.3 is 5.97 Å². The fraction of sp³-hybridized carbons (Fsp3) is 0.375. The quantitative estimate of drug-likeness (QED) is 0.794. The third kappa shape index (κ3) is 3.90. The minimum absolute atomic E-state index is 0.639. The Hall–Kier alpha value is -1.79. The fourth-order valence-corrected chi connectivity index (χ4v) is 3.12. The van der Waals surface area contributed by atoms with E-state index >= 15 is 0 Å². The Kier molecular flexibility index (Phi) is 5.63. The molecule has 2 aromatic rings. The van der Waals surface area contributed by atoms with E-state index in [2.05, 4.69) is 5.10 Å². The van der Waals surface area contributed by atoms with Gasteiger partial charge in [-0.15, -0.1) is 11.8 Å². The number of nitrogens with zero attached hydrogens (tertiary/aromatic N) is 3. The molecule has 6 heteroatoms. The van der Waals surface area contributed by atoms with Crippen LogP contribution in [0, 0.1) is 0 Å². The number of carboxylic acids is 1. The van der Waals surface area contributed by atoms with Gasteiger partial charge in [0, 0.05) is 24.7 Å². The van der Waals surface area contributed by atoms with Crippen molar-refractivity contribution in [1.82, 2.24) is 14.7 Å². The van der Waals surface area contributed by atoms with Gasteiger partial charge in [-0.25, -0.2) is 0 Å². The number of rotatable bonds is 7. The molecule has 0 saturated carbocycles. The van der Waals surface area contributed by atoms with Crippen LogP contribution in [0.2, 0.25) is 0 Å². The lowest BCUT2D eigenvalue weighted by molar-refractivity contribution is -0.143. The van der Waals surface area contributed by atoms with Gasteiger partial charge in [-0.3, -0.25) is 14.4 Å². The monoisotopic (exact) mass is 319 g/mol. The first kappa shape index (κ1) is 16.6. The number of benzene rings is 1. The molecule has 1 heterocycles. The molecular weight excluding hydrogens is 298 g/mol. The summed E-state index contributed by atoms with van der Waals surface area (Å²) in [6, 6.07) is 7.04. The number of carbonyl (C=O) groups is 1. The summed E-state index contributed by atoms with van der Waals surface area (Å²) in [5, 5.41) is 13.8. The van der Waals surface area contributed by atoms with Gasteiger partial charge in [-0.2, -0.15) is 5.10 Å². The average molecular weight is 319 g/mol. The summed E-state index contributed by atoms with van der Waals surface area (Å²) in [5.41, 5.74) is 1.95. The lowest BCUT2D eigenvalue weighted by Crippen LogP contribution is -2.32. The van der Waals surface area contributed by atoms with Crippen LogP contribution in [0.4, 0.5) is 0 Å². The van der Waals surface area contributed by atoms with Crippen molar-refractivity contribution in [3.05, 3.63) is 47.8 Å². The smallest absolute Gasteiger partial charge is 0.325 e. The highest BCUT2D eigenvalue weighted by molar-refractivity contribution is 7.98. The summed E-state index contributed by atoms with van der Waals surface area (Å²) < 4.78 is 1.76. The van der Waals surface area contributed by atoms with Gasteiger partial charge in [-0.1, -0.05) is 18.2 Å². The maximum absolute atomic E-state index is 11.8. The summed E-state index contributed by atoms with van der Waals surface area (Å²) in [6.07, 6.45) is 6.52. The Balaban J connectivity index is 2.15. The minimum Gasteiger partial charge on any atom is -0.480 e. The van der Waals surface area contributed by atoms with Gasteiger partial charge in [0.25, 0.3) is 0 Å². The van der Waals surface area contributed by atoms with Crippen molar-refractivity contribution in [3.8, 4) is 0 Å². The Labute approximate surface area is 134 Å². The molecule has 1 atom stereocenters. The molecule has 0 aliphatic rings. The molecule has 0 spiro atoms. The fourth-order valence-electron chi connectivity index (χ4n) is 2.49. The molecule has 0 amide bonds. The molecular formula is C16H21N3O2S. The first-order valence-corrected chi connectivity index (χ1v) is 8.29. The summed E-state index contributed by atoms with van der Waals surface area (Å²) >= 11 is 1.57. The molecule has 1 aromatic carbocycles. The van der Waals surface area contributed by atoms with E-state index in [0.717, 1.165) is 22.4 Å². The number of aromatic nitrogens is 2. The van der Waals surface area contributed by atoms with E-state index < -0.39 is 12.0 Å². The molecule has 5 nitrogen and oxygen atoms in total. The zero-order valence-electron chi connectivity index (χ0n) is 13.1. The van der Waals surface area contributed by atoms with Crippen molar-refractivity contribution in [2.75, 3.05) is 19.8 Å². The number of carboxylic acid groups (broad SMARTS) is 1. The highest BCUT2D eigenvalue weighted by Gasteiger charge is 2.26. The summed E-state index contributed by atoms with van der Waals surface area (Å²) in [6.45, 7) is 0.658. The first-order valence-electron chi connectivity index (χ1n) is 7.06. The lowest BCUT2D eigenvalue weighted by Gasteiger charge is -2.26. The predicted molar refractivity (Wildman–Crippen MR) is 88.1 cm³/mol. The third-order valence-electron chi connectivity index (χ3n) is 3.62. The Morgan fingerprint density at radius 1 is 1.45 bits per heavy atom. The summed E-state index contributed by atoms with van der Waals surface area (Å²) in [4.78, 5) is 14.6. The minimum atomic E-state index is -0.824. The van der Waals surface area contributed by atoms with Crippen molar-refractivity contribution in [2.45, 2.75) is 17.4 Å². The molecule has 0 aliphatic heterocycles. The average Bonchev–Trinajstić information content (AvgIpc) is 2.91. The highest BCUT2D eigenvalue weighted by Crippen LogP contribution is 2.29. The Bertz CT molecular complexity index is 642. The zero-order chi connectivity index (χ0) is 16.1. The van der Waals surface area contributed by atoms with Crippen LogP contribution in [-0.2, 0) is 18.3 Å². The molecule has 0 unspecified atom stereocenters. The van der Waals surface area contributed by atoms with Crippen LogP contribution in [0.5, 0.6) is 0 Å². The lowest BCUT2D eigenvalue weighted by atomic mass is 10.1. The largest absolute Gasteiger partial charge is 0.480 e. The second kappa shape index (κ2) is 7.47. The highest BCUT2D eigenvalue weighted by atomic mass is 32.2. The summed E-state index contributed by atoms with van der Waals surface area (Å²) in [5.74, 6) is -0.824. The second-order valence-corrected chi connectivity index (χ2v) is 6.08. The number of thioether (sulfide) groups is 1. The SMILES string of the molecule is CSc1ccccc1[C@H](C(=O)O)N(C)CCc1cnn(C)c1. The van der Waals surface area contributed by atoms with E-state index in [4.69, 9.17) is 0 Å². The molecule has 0 aliphatic carbocycles. The van der Waals surface area contributed by atoms with Gasteiger partial charge in [0.2, 0.25) is 0 Å². The first-order chi connectivity index (χ1) is 10.5. The van der Waals surface area contributed by atoms with Crippen LogP contribution in [0.1, 0.15) is 17.2 Å². The molecule has 0 fully saturated rings. The number of aliphatic carboxylic acids is 1. The number of aryl methyl sites for hydroxylation is 1. The molecule has 22 heavy (non-hydrogen) atoms. The second-order valence-electron chi connectivity index (χ2n) is 5.24. The maximum Gasteiger partial charge on any atom is 0.325 e. The van der Waals surface area contributed by atoms with E-state index in [1.807, 2.05) is 61.9 Å². The van der Waals surface area contributed by atoms with Crippen molar-refractivity contribution >= 4 is 17.7 Å². The van der Waals surface area contributed by atoms with Gasteiger partial charge in [-0.05, 0) is 36.9 Å². The van der Waals surface area contributed by atoms with Crippen molar-refractivity contribution in [2.24, 2.45) is 7.05 Å². The van der Waals surface area contributed by atoms with Crippen LogP contribution in [-0.4, -0.2) is 45.6 Å². The van der Waals surface area contributed by atoms with E-state index in [-0.39, 0.29) is 0 Å². The normalized spacial score (nSPS) is 12.5. The Morgan fingerprint density at radius 3 is 2.77 bits per heavy atom. The summed E-state index contributed by atoms with van der Waals surface area (Å²) in [7, 11) is 3.73. The molecule has 0 saturated heterocycles. The van der Waals surface area contributed by atoms with Crippen LogP contribution < -0.4 is 0 Å². The van der Waals surface area contributed by atoms with Gasteiger partial charge in [0.15, 0.2) is 0 Å². The van der Waals surface area contributed by atoms with E-state index in [1.165, 1.54) is 0 Å². The topological polar surface area (TPSA) is 58.4 Å². The van der Waals surface area contributed by atoms with Gasteiger partial charge in [0.05, 0.1) is 6.20 Å². The zero-order valence-corrected chi connectivity index (χ0v) is 13.9. The van der Waals surface area contributed by atoms with Crippen LogP contribution >= 0.6 is 11.8 Å². The standard InChI is InChI=1S/C16H21N3O2S/c1-18(9-8-12-10-17-19(2)11-12)15(16(20)21)13-6-4-5-7-14(13)22-3/h4-7,10-11,15H,8-9H2,1-3H3,(H,20,21)/t15-/m1/s1. The molecule has 1 N–H and O–H groups in total.